The van der Waals surface area contributed by atoms with Gasteiger partial charge in [0.15, 0.2) is 0 Å². The lowest BCUT2D eigenvalue weighted by Gasteiger charge is -1.94. The summed E-state index contributed by atoms with van der Waals surface area (Å²) in [6.45, 7) is 0.322. The molecule has 0 heterocycles. The molecular weight excluding hydrogens is 172 g/mol. The van der Waals surface area contributed by atoms with Gasteiger partial charge in [-0.05, 0) is 24.8 Å². The van der Waals surface area contributed by atoms with Crippen LogP contribution in [-0.2, 0) is 0 Å². The summed E-state index contributed by atoms with van der Waals surface area (Å²) in [4.78, 5) is 0. The third kappa shape index (κ3) is 4.83. The molecule has 1 nitrogen and oxygen atoms in total. The van der Waals surface area contributed by atoms with E-state index in [-0.39, 0.29) is 0 Å². The lowest BCUT2D eigenvalue weighted by molar-refractivity contribution is 0.283. The molecule has 1 N–H and O–H groups in total. The van der Waals surface area contributed by atoms with E-state index in [1.54, 1.807) is 0 Å². The summed E-state index contributed by atoms with van der Waals surface area (Å²) in [6.07, 6.45) is 8.68. The summed E-state index contributed by atoms with van der Waals surface area (Å²) in [7, 11) is 0. The van der Waals surface area contributed by atoms with Crippen molar-refractivity contribution in [3.63, 3.8) is 0 Å². The van der Waals surface area contributed by atoms with Crippen molar-refractivity contribution in [2.45, 2.75) is 25.7 Å². The lowest BCUT2D eigenvalue weighted by atomic mass is 10.1. The molecule has 1 aromatic rings. The highest BCUT2D eigenvalue weighted by Crippen LogP contribution is 2.05. The minimum atomic E-state index is 0.322. The smallest absolute Gasteiger partial charge is 0.0431 e. The number of aliphatic hydroxyl groups is 1. The average molecular weight is 190 g/mol. The molecule has 0 spiro atoms. The van der Waals surface area contributed by atoms with Gasteiger partial charge in [0, 0.05) is 6.61 Å². The first-order chi connectivity index (χ1) is 6.93. The van der Waals surface area contributed by atoms with Gasteiger partial charge in [0.05, 0.1) is 0 Å². The van der Waals surface area contributed by atoms with Crippen LogP contribution in [0.3, 0.4) is 0 Å². The van der Waals surface area contributed by atoms with Gasteiger partial charge in [-0.1, -0.05) is 48.9 Å². The maximum Gasteiger partial charge on any atom is 0.0431 e. The van der Waals surface area contributed by atoms with E-state index in [1.165, 1.54) is 12.0 Å². The zero-order chi connectivity index (χ0) is 10.1. The Morgan fingerprint density at radius 1 is 1.00 bits per heavy atom. The van der Waals surface area contributed by atoms with Crippen LogP contribution in [0.2, 0.25) is 0 Å². The SMILES string of the molecule is OCCCCCC=Cc1ccccc1. The molecule has 76 valence electrons. The predicted molar refractivity (Wildman–Crippen MR) is 61.0 cm³/mol. The van der Waals surface area contributed by atoms with Gasteiger partial charge in [-0.3, -0.25) is 0 Å². The van der Waals surface area contributed by atoms with Crippen molar-refractivity contribution in [1.82, 2.24) is 0 Å². The third-order valence-corrected chi connectivity index (χ3v) is 2.14. The molecule has 0 bridgehead atoms. The first kappa shape index (κ1) is 11.0. The Kier molecular flexibility index (Phi) is 5.76. The minimum Gasteiger partial charge on any atom is -0.396 e. The van der Waals surface area contributed by atoms with Crippen LogP contribution < -0.4 is 0 Å². The summed E-state index contributed by atoms with van der Waals surface area (Å²) in [5, 5.41) is 8.58. The molecule has 0 aliphatic heterocycles. The van der Waals surface area contributed by atoms with E-state index in [2.05, 4.69) is 24.3 Å². The fourth-order valence-corrected chi connectivity index (χ4v) is 1.33. The highest BCUT2D eigenvalue weighted by atomic mass is 16.2. The Balaban J connectivity index is 2.15. The first-order valence-electron chi connectivity index (χ1n) is 5.26. The molecule has 0 atom stereocenters. The van der Waals surface area contributed by atoms with Crippen LogP contribution in [0.15, 0.2) is 36.4 Å². The number of benzene rings is 1. The molecule has 0 saturated carbocycles. The number of hydrogen-bond donors (Lipinski definition) is 1. The second-order valence-electron chi connectivity index (χ2n) is 3.39. The van der Waals surface area contributed by atoms with Gasteiger partial charge in [-0.25, -0.2) is 0 Å². The Morgan fingerprint density at radius 2 is 1.79 bits per heavy atom. The quantitative estimate of drug-likeness (QED) is 0.683. The van der Waals surface area contributed by atoms with Gasteiger partial charge < -0.3 is 5.11 Å². The number of rotatable bonds is 6. The normalized spacial score (nSPS) is 10.9. The Hall–Kier alpha value is -1.08. The number of hydrogen-bond acceptors (Lipinski definition) is 1. The van der Waals surface area contributed by atoms with Gasteiger partial charge >= 0.3 is 0 Å². The van der Waals surface area contributed by atoms with Crippen LogP contribution in [0, 0.1) is 0 Å². The van der Waals surface area contributed by atoms with Crippen LogP contribution in [-0.4, -0.2) is 11.7 Å². The summed E-state index contributed by atoms with van der Waals surface area (Å²) in [6, 6.07) is 10.3. The van der Waals surface area contributed by atoms with Crippen LogP contribution in [0.1, 0.15) is 31.2 Å². The molecule has 0 fully saturated rings. The van der Waals surface area contributed by atoms with E-state index in [0.717, 1.165) is 19.3 Å². The van der Waals surface area contributed by atoms with Crippen molar-refractivity contribution >= 4 is 6.08 Å². The van der Waals surface area contributed by atoms with Gasteiger partial charge in [-0.15, -0.1) is 0 Å². The van der Waals surface area contributed by atoms with Crippen molar-refractivity contribution in [2.75, 3.05) is 6.61 Å². The Labute approximate surface area is 86.1 Å². The Morgan fingerprint density at radius 3 is 2.50 bits per heavy atom. The zero-order valence-corrected chi connectivity index (χ0v) is 8.52. The molecule has 0 aromatic heterocycles. The second kappa shape index (κ2) is 7.34. The molecule has 1 heteroatoms. The summed E-state index contributed by atoms with van der Waals surface area (Å²) < 4.78 is 0. The monoisotopic (exact) mass is 190 g/mol. The molecule has 0 radical (unpaired) electrons. The van der Waals surface area contributed by atoms with E-state index in [9.17, 15) is 0 Å². The third-order valence-electron chi connectivity index (χ3n) is 2.14. The summed E-state index contributed by atoms with van der Waals surface area (Å²) in [5.74, 6) is 0. The molecule has 0 aliphatic carbocycles. The van der Waals surface area contributed by atoms with Crippen molar-refractivity contribution in [3.8, 4) is 0 Å². The van der Waals surface area contributed by atoms with Crippen LogP contribution in [0.4, 0.5) is 0 Å². The minimum absolute atomic E-state index is 0.322. The van der Waals surface area contributed by atoms with Gasteiger partial charge in [-0.2, -0.15) is 0 Å². The maximum atomic E-state index is 8.58. The maximum absolute atomic E-state index is 8.58. The highest BCUT2D eigenvalue weighted by Gasteiger charge is 1.85. The summed E-state index contributed by atoms with van der Waals surface area (Å²) in [5.41, 5.74) is 1.26. The fraction of sp³-hybridized carbons (Fsp3) is 0.385. The van der Waals surface area contributed by atoms with Crippen molar-refractivity contribution in [2.24, 2.45) is 0 Å². The lowest BCUT2D eigenvalue weighted by Crippen LogP contribution is -1.81. The first-order valence-corrected chi connectivity index (χ1v) is 5.26. The van der Waals surface area contributed by atoms with E-state index in [0.29, 0.717) is 6.61 Å². The molecular formula is C13H18O. The number of allylic oxidation sites excluding steroid dienone is 1. The standard InChI is InChI=1S/C13H18O/c14-12-8-3-1-2-5-9-13-10-6-4-7-11-13/h4-7,9-11,14H,1-3,8,12H2. The molecule has 1 aromatic carbocycles. The molecule has 0 saturated heterocycles. The molecule has 0 unspecified atom stereocenters. The molecule has 14 heavy (non-hydrogen) atoms. The van der Waals surface area contributed by atoms with Crippen LogP contribution in [0.5, 0.6) is 0 Å². The van der Waals surface area contributed by atoms with Crippen molar-refractivity contribution < 1.29 is 5.11 Å². The second-order valence-corrected chi connectivity index (χ2v) is 3.39. The van der Waals surface area contributed by atoms with E-state index < -0.39 is 0 Å². The Bertz CT molecular complexity index is 251. The van der Waals surface area contributed by atoms with Crippen LogP contribution in [0.25, 0.3) is 6.08 Å². The zero-order valence-electron chi connectivity index (χ0n) is 8.52. The highest BCUT2D eigenvalue weighted by molar-refractivity contribution is 5.48. The van der Waals surface area contributed by atoms with E-state index in [4.69, 9.17) is 5.11 Å². The van der Waals surface area contributed by atoms with Crippen LogP contribution >= 0.6 is 0 Å². The van der Waals surface area contributed by atoms with Gasteiger partial charge in [0.2, 0.25) is 0 Å². The van der Waals surface area contributed by atoms with E-state index in [1.807, 2.05) is 18.2 Å². The largest absolute Gasteiger partial charge is 0.396 e. The number of aliphatic hydroxyl groups excluding tert-OH is 1. The van der Waals surface area contributed by atoms with E-state index >= 15 is 0 Å². The van der Waals surface area contributed by atoms with Crippen molar-refractivity contribution in [1.29, 1.82) is 0 Å². The molecule has 1 rings (SSSR count). The number of unbranched alkanes of at least 4 members (excludes halogenated alkanes) is 3. The van der Waals surface area contributed by atoms with Gasteiger partial charge in [0.25, 0.3) is 0 Å². The summed E-state index contributed by atoms with van der Waals surface area (Å²) >= 11 is 0. The topological polar surface area (TPSA) is 20.2 Å². The predicted octanol–water partition coefficient (Wildman–Crippen LogP) is 3.25. The van der Waals surface area contributed by atoms with Gasteiger partial charge in [0.1, 0.15) is 0 Å². The average Bonchev–Trinajstić information content (AvgIpc) is 2.25. The molecule has 0 amide bonds. The fourth-order valence-electron chi connectivity index (χ4n) is 1.33. The molecule has 0 aliphatic rings. The van der Waals surface area contributed by atoms with Crippen molar-refractivity contribution in [3.05, 3.63) is 42.0 Å².